The Morgan fingerprint density at radius 2 is 2.11 bits per heavy atom. The number of nitriles is 1. The Hall–Kier alpha value is -1.82. The SMILES string of the molecule is CC1(CNC(=O)C(C#N)Cc2ccccc2)CCC1. The minimum Gasteiger partial charge on any atom is -0.354 e. The van der Waals surface area contributed by atoms with E-state index >= 15 is 0 Å². The van der Waals surface area contributed by atoms with Gasteiger partial charge in [-0.15, -0.1) is 0 Å². The topological polar surface area (TPSA) is 52.9 Å². The summed E-state index contributed by atoms with van der Waals surface area (Å²) in [4.78, 5) is 12.0. The summed E-state index contributed by atoms with van der Waals surface area (Å²) in [6.07, 6.45) is 4.07. The number of amides is 1. The van der Waals surface area contributed by atoms with E-state index < -0.39 is 5.92 Å². The average Bonchev–Trinajstić information content (AvgIpc) is 2.41. The van der Waals surface area contributed by atoms with Crippen molar-refractivity contribution in [3.63, 3.8) is 0 Å². The van der Waals surface area contributed by atoms with E-state index in [0.717, 1.165) is 5.56 Å². The molecule has 0 spiro atoms. The molecule has 1 aromatic rings. The summed E-state index contributed by atoms with van der Waals surface area (Å²) in [5.41, 5.74) is 1.28. The van der Waals surface area contributed by atoms with Crippen molar-refractivity contribution in [1.82, 2.24) is 5.32 Å². The van der Waals surface area contributed by atoms with Crippen LogP contribution in [-0.2, 0) is 11.2 Å². The van der Waals surface area contributed by atoms with Gasteiger partial charge in [-0.25, -0.2) is 0 Å². The molecule has 100 valence electrons. The van der Waals surface area contributed by atoms with Gasteiger partial charge in [-0.1, -0.05) is 43.7 Å². The van der Waals surface area contributed by atoms with Crippen molar-refractivity contribution < 1.29 is 4.79 Å². The number of hydrogen-bond donors (Lipinski definition) is 1. The molecule has 1 N–H and O–H groups in total. The molecule has 1 atom stereocenters. The van der Waals surface area contributed by atoms with Crippen molar-refractivity contribution in [1.29, 1.82) is 5.26 Å². The van der Waals surface area contributed by atoms with E-state index in [0.29, 0.717) is 13.0 Å². The molecule has 0 radical (unpaired) electrons. The summed E-state index contributed by atoms with van der Waals surface area (Å²) in [7, 11) is 0. The van der Waals surface area contributed by atoms with Crippen LogP contribution >= 0.6 is 0 Å². The van der Waals surface area contributed by atoms with E-state index in [4.69, 9.17) is 5.26 Å². The van der Waals surface area contributed by atoms with Crippen molar-refractivity contribution in [3.8, 4) is 6.07 Å². The monoisotopic (exact) mass is 256 g/mol. The predicted molar refractivity (Wildman–Crippen MR) is 74.2 cm³/mol. The highest BCUT2D eigenvalue weighted by Gasteiger charge is 2.32. The standard InChI is InChI=1S/C16H20N2O/c1-16(8-5-9-16)12-18-15(19)14(11-17)10-13-6-3-2-4-7-13/h2-4,6-7,14H,5,8-10,12H2,1H3,(H,18,19). The lowest BCUT2D eigenvalue weighted by molar-refractivity contribution is -0.124. The van der Waals surface area contributed by atoms with E-state index in [1.165, 1.54) is 19.3 Å². The smallest absolute Gasteiger partial charge is 0.237 e. The maximum Gasteiger partial charge on any atom is 0.237 e. The van der Waals surface area contributed by atoms with Crippen LogP contribution in [0.5, 0.6) is 0 Å². The fourth-order valence-corrected chi connectivity index (χ4v) is 2.43. The van der Waals surface area contributed by atoms with Gasteiger partial charge >= 0.3 is 0 Å². The Balaban J connectivity index is 1.87. The van der Waals surface area contributed by atoms with Gasteiger partial charge < -0.3 is 5.32 Å². The Labute approximate surface area is 114 Å². The minimum atomic E-state index is -0.592. The first kappa shape index (κ1) is 13.6. The summed E-state index contributed by atoms with van der Waals surface area (Å²) in [5.74, 6) is -0.731. The highest BCUT2D eigenvalue weighted by atomic mass is 16.1. The molecule has 0 aromatic heterocycles. The van der Waals surface area contributed by atoms with Crippen LogP contribution in [0.2, 0.25) is 0 Å². The van der Waals surface area contributed by atoms with Gasteiger partial charge in [0.15, 0.2) is 0 Å². The Morgan fingerprint density at radius 1 is 1.42 bits per heavy atom. The van der Waals surface area contributed by atoms with Gasteiger partial charge in [0, 0.05) is 6.54 Å². The van der Waals surface area contributed by atoms with Crippen molar-refractivity contribution >= 4 is 5.91 Å². The average molecular weight is 256 g/mol. The van der Waals surface area contributed by atoms with Gasteiger partial charge in [0.05, 0.1) is 6.07 Å². The van der Waals surface area contributed by atoms with Crippen LogP contribution in [0.1, 0.15) is 31.7 Å². The van der Waals surface area contributed by atoms with Crippen LogP contribution in [0.3, 0.4) is 0 Å². The molecule has 0 heterocycles. The van der Waals surface area contributed by atoms with Gasteiger partial charge in [0.1, 0.15) is 5.92 Å². The molecule has 0 bridgehead atoms. The Bertz CT molecular complexity index is 471. The van der Waals surface area contributed by atoms with Crippen LogP contribution in [-0.4, -0.2) is 12.5 Å². The Kier molecular flexibility index (Phi) is 4.21. The molecule has 19 heavy (non-hydrogen) atoms. The van der Waals surface area contributed by atoms with Crippen molar-refractivity contribution in [3.05, 3.63) is 35.9 Å². The number of hydrogen-bond acceptors (Lipinski definition) is 2. The molecular formula is C16H20N2O. The first-order chi connectivity index (χ1) is 9.13. The van der Waals surface area contributed by atoms with E-state index in [9.17, 15) is 4.79 Å². The maximum absolute atomic E-state index is 12.0. The number of nitrogens with zero attached hydrogens (tertiary/aromatic N) is 1. The zero-order valence-corrected chi connectivity index (χ0v) is 11.4. The van der Waals surface area contributed by atoms with Crippen LogP contribution in [0, 0.1) is 22.7 Å². The third-order valence-corrected chi connectivity index (χ3v) is 4.01. The van der Waals surface area contributed by atoms with Gasteiger partial charge in [0.25, 0.3) is 0 Å². The van der Waals surface area contributed by atoms with Gasteiger partial charge in [-0.05, 0) is 30.2 Å². The fourth-order valence-electron chi connectivity index (χ4n) is 2.43. The van der Waals surface area contributed by atoms with Gasteiger partial charge in [-0.2, -0.15) is 5.26 Å². The molecule has 2 rings (SSSR count). The molecule has 0 saturated heterocycles. The second-order valence-electron chi connectivity index (χ2n) is 5.75. The summed E-state index contributed by atoms with van der Waals surface area (Å²) in [5, 5.41) is 12.1. The molecule has 0 aliphatic heterocycles. The maximum atomic E-state index is 12.0. The zero-order chi connectivity index (χ0) is 13.7. The van der Waals surface area contributed by atoms with Crippen molar-refractivity contribution in [2.45, 2.75) is 32.6 Å². The van der Waals surface area contributed by atoms with E-state index in [-0.39, 0.29) is 11.3 Å². The summed E-state index contributed by atoms with van der Waals surface area (Å²) >= 11 is 0. The lowest BCUT2D eigenvalue weighted by Gasteiger charge is -2.38. The second-order valence-corrected chi connectivity index (χ2v) is 5.75. The molecule has 1 amide bonds. The molecule has 1 aromatic carbocycles. The highest BCUT2D eigenvalue weighted by molar-refractivity contribution is 5.81. The van der Waals surface area contributed by atoms with Crippen LogP contribution < -0.4 is 5.32 Å². The number of carbonyl (C=O) groups is 1. The molecule has 1 saturated carbocycles. The molecule has 1 fully saturated rings. The van der Waals surface area contributed by atoms with E-state index in [1.807, 2.05) is 30.3 Å². The first-order valence-electron chi connectivity index (χ1n) is 6.84. The van der Waals surface area contributed by atoms with Crippen molar-refractivity contribution in [2.75, 3.05) is 6.54 Å². The fraction of sp³-hybridized carbons (Fsp3) is 0.500. The highest BCUT2D eigenvalue weighted by Crippen LogP contribution is 2.39. The van der Waals surface area contributed by atoms with Gasteiger partial charge in [-0.3, -0.25) is 4.79 Å². The molecular weight excluding hydrogens is 236 g/mol. The zero-order valence-electron chi connectivity index (χ0n) is 11.4. The number of benzene rings is 1. The third-order valence-electron chi connectivity index (χ3n) is 4.01. The molecule has 1 aliphatic carbocycles. The lowest BCUT2D eigenvalue weighted by Crippen LogP contribution is -2.42. The van der Waals surface area contributed by atoms with Crippen LogP contribution in [0.25, 0.3) is 0 Å². The first-order valence-corrected chi connectivity index (χ1v) is 6.84. The van der Waals surface area contributed by atoms with E-state index in [1.54, 1.807) is 0 Å². The van der Waals surface area contributed by atoms with Gasteiger partial charge in [0.2, 0.25) is 5.91 Å². The lowest BCUT2D eigenvalue weighted by atomic mass is 9.70. The second kappa shape index (κ2) is 5.88. The molecule has 1 unspecified atom stereocenters. The Morgan fingerprint density at radius 3 is 2.63 bits per heavy atom. The quantitative estimate of drug-likeness (QED) is 0.880. The molecule has 3 nitrogen and oxygen atoms in total. The molecule has 3 heteroatoms. The van der Waals surface area contributed by atoms with E-state index in [2.05, 4.69) is 18.3 Å². The summed E-state index contributed by atoms with van der Waals surface area (Å²) in [6.45, 7) is 2.88. The van der Waals surface area contributed by atoms with Crippen molar-refractivity contribution in [2.24, 2.45) is 11.3 Å². The normalized spacial score (nSPS) is 17.9. The number of carbonyl (C=O) groups excluding carboxylic acids is 1. The molecule has 1 aliphatic rings. The summed E-state index contributed by atoms with van der Waals surface area (Å²) < 4.78 is 0. The minimum absolute atomic E-state index is 0.139. The largest absolute Gasteiger partial charge is 0.354 e. The third kappa shape index (κ3) is 3.57. The summed E-state index contributed by atoms with van der Waals surface area (Å²) in [6, 6.07) is 11.8. The van der Waals surface area contributed by atoms with Crippen LogP contribution in [0.15, 0.2) is 30.3 Å². The predicted octanol–water partition coefficient (Wildman–Crippen LogP) is 2.68. The number of rotatable bonds is 5. The number of nitrogens with one attached hydrogen (secondary N) is 1. The van der Waals surface area contributed by atoms with Crippen LogP contribution in [0.4, 0.5) is 0 Å².